The van der Waals surface area contributed by atoms with E-state index in [1.807, 2.05) is 6.07 Å². The lowest BCUT2D eigenvalue weighted by Crippen LogP contribution is -3.06. The Morgan fingerprint density at radius 3 is 2.88 bits per heavy atom. The second-order valence-corrected chi connectivity index (χ2v) is 7.50. The fourth-order valence-electron chi connectivity index (χ4n) is 3.13. The van der Waals surface area contributed by atoms with Gasteiger partial charge in [-0.25, -0.2) is 0 Å². The van der Waals surface area contributed by atoms with Crippen LogP contribution in [0.1, 0.15) is 28.5 Å². The van der Waals surface area contributed by atoms with E-state index in [0.717, 1.165) is 18.6 Å². The zero-order valence-electron chi connectivity index (χ0n) is 14.3. The molecular weight excluding hydrogens is 320 g/mol. The van der Waals surface area contributed by atoms with Crippen LogP contribution in [0.4, 0.5) is 0 Å². The summed E-state index contributed by atoms with van der Waals surface area (Å²) in [6.07, 6.45) is 3.50. The normalized spacial score (nSPS) is 14.5. The molecule has 0 bridgehead atoms. The van der Waals surface area contributed by atoms with E-state index in [1.54, 1.807) is 11.3 Å². The van der Waals surface area contributed by atoms with Crippen LogP contribution in [-0.4, -0.2) is 33.2 Å². The van der Waals surface area contributed by atoms with Gasteiger partial charge in [-0.15, -0.1) is 11.3 Å². The van der Waals surface area contributed by atoms with Crippen LogP contribution in [0, 0.1) is 0 Å². The van der Waals surface area contributed by atoms with Crippen molar-refractivity contribution in [2.45, 2.75) is 25.3 Å². The van der Waals surface area contributed by atoms with Crippen LogP contribution < -0.4 is 15.0 Å². The van der Waals surface area contributed by atoms with Crippen molar-refractivity contribution in [2.24, 2.45) is 0 Å². The number of amides is 1. The van der Waals surface area contributed by atoms with E-state index in [4.69, 9.17) is 4.74 Å². The largest absolute Gasteiger partial charge is 0.484 e. The maximum absolute atomic E-state index is 12.1. The number of rotatable bonds is 7. The van der Waals surface area contributed by atoms with Crippen LogP contribution in [0.25, 0.3) is 0 Å². The highest BCUT2D eigenvalue weighted by atomic mass is 32.1. The van der Waals surface area contributed by atoms with Crippen LogP contribution in [0.3, 0.4) is 0 Å². The van der Waals surface area contributed by atoms with Crippen molar-refractivity contribution in [1.29, 1.82) is 0 Å². The number of quaternary nitrogens is 1. The Hall–Kier alpha value is -1.85. The summed E-state index contributed by atoms with van der Waals surface area (Å²) in [6.45, 7) is 0.688. The van der Waals surface area contributed by atoms with Crippen molar-refractivity contribution < 1.29 is 14.4 Å². The molecule has 2 N–H and O–H groups in total. The Labute approximate surface area is 147 Å². The molecule has 1 atom stereocenters. The monoisotopic (exact) mass is 345 g/mol. The Balaban J connectivity index is 1.49. The van der Waals surface area contributed by atoms with E-state index < -0.39 is 0 Å². The Bertz CT molecular complexity index is 683. The molecule has 0 aliphatic heterocycles. The second kappa shape index (κ2) is 7.81. The Kier molecular flexibility index (Phi) is 5.53. The molecule has 5 heteroatoms. The number of likely N-dealkylation sites (N-methyl/N-ethyl adjacent to an activating group) is 1. The molecule has 1 aromatic heterocycles. The second-order valence-electron chi connectivity index (χ2n) is 6.52. The SMILES string of the molecule is C[NH+](C)[C@H](CNC(=O)COc1ccc2c(c1)CCC2)c1cccs1. The van der Waals surface area contributed by atoms with Crippen LogP contribution in [0.5, 0.6) is 5.75 Å². The topological polar surface area (TPSA) is 42.8 Å². The van der Waals surface area contributed by atoms with Gasteiger partial charge in [-0.05, 0) is 54.0 Å². The van der Waals surface area contributed by atoms with Gasteiger partial charge in [0.25, 0.3) is 5.91 Å². The minimum Gasteiger partial charge on any atom is -0.484 e. The summed E-state index contributed by atoms with van der Waals surface area (Å²) < 4.78 is 5.66. The molecule has 0 saturated heterocycles. The summed E-state index contributed by atoms with van der Waals surface area (Å²) in [5.41, 5.74) is 2.78. The number of carbonyl (C=O) groups excluding carboxylic acids is 1. The highest BCUT2D eigenvalue weighted by Crippen LogP contribution is 2.25. The highest BCUT2D eigenvalue weighted by Gasteiger charge is 2.19. The molecule has 0 fully saturated rings. The van der Waals surface area contributed by atoms with Gasteiger partial charge in [-0.3, -0.25) is 4.79 Å². The molecule has 128 valence electrons. The third-order valence-corrected chi connectivity index (χ3v) is 5.51. The average Bonchev–Trinajstić information content (AvgIpc) is 3.23. The van der Waals surface area contributed by atoms with Crippen molar-refractivity contribution >= 4 is 17.2 Å². The van der Waals surface area contributed by atoms with Gasteiger partial charge in [0.15, 0.2) is 6.61 Å². The van der Waals surface area contributed by atoms with Crippen LogP contribution >= 0.6 is 11.3 Å². The number of carbonyl (C=O) groups is 1. The lowest BCUT2D eigenvalue weighted by atomic mass is 10.1. The number of benzene rings is 1. The summed E-state index contributed by atoms with van der Waals surface area (Å²) in [5, 5.41) is 5.07. The van der Waals surface area contributed by atoms with Crippen molar-refractivity contribution in [3.63, 3.8) is 0 Å². The van der Waals surface area contributed by atoms with Crippen LogP contribution in [0.15, 0.2) is 35.7 Å². The zero-order chi connectivity index (χ0) is 16.9. The molecule has 1 aromatic carbocycles. The summed E-state index contributed by atoms with van der Waals surface area (Å²) in [5.74, 6) is 0.720. The molecule has 1 amide bonds. The maximum Gasteiger partial charge on any atom is 0.258 e. The minimum atomic E-state index is -0.0710. The first-order chi connectivity index (χ1) is 11.6. The Morgan fingerprint density at radius 2 is 2.12 bits per heavy atom. The van der Waals surface area contributed by atoms with Gasteiger partial charge < -0.3 is 15.0 Å². The molecule has 0 spiro atoms. The lowest BCUT2D eigenvalue weighted by molar-refractivity contribution is -0.890. The molecule has 0 unspecified atom stereocenters. The predicted molar refractivity (Wildman–Crippen MR) is 96.8 cm³/mol. The van der Waals surface area contributed by atoms with Gasteiger partial charge >= 0.3 is 0 Å². The zero-order valence-corrected chi connectivity index (χ0v) is 15.1. The molecule has 3 rings (SSSR count). The smallest absolute Gasteiger partial charge is 0.258 e. The standard InChI is InChI=1S/C19H24N2O2S/c1-21(2)17(18-7-4-10-24-18)12-20-19(22)13-23-16-9-8-14-5-3-6-15(14)11-16/h4,7-11,17H,3,5-6,12-13H2,1-2H3,(H,20,22)/p+1/t17-/m1/s1. The fourth-order valence-corrected chi connectivity index (χ4v) is 4.09. The number of thiophene rings is 1. The van der Waals surface area contributed by atoms with Crippen molar-refractivity contribution in [1.82, 2.24) is 5.32 Å². The fraction of sp³-hybridized carbons (Fsp3) is 0.421. The van der Waals surface area contributed by atoms with Crippen molar-refractivity contribution in [3.8, 4) is 5.75 Å². The van der Waals surface area contributed by atoms with E-state index in [2.05, 4.69) is 49.1 Å². The third kappa shape index (κ3) is 4.16. The first-order valence-corrected chi connectivity index (χ1v) is 9.36. The van der Waals surface area contributed by atoms with Crippen LogP contribution in [-0.2, 0) is 17.6 Å². The number of hydrogen-bond acceptors (Lipinski definition) is 3. The van der Waals surface area contributed by atoms with Gasteiger partial charge in [0.2, 0.25) is 0 Å². The van der Waals surface area contributed by atoms with E-state index in [0.29, 0.717) is 6.54 Å². The summed E-state index contributed by atoms with van der Waals surface area (Å²) >= 11 is 1.73. The van der Waals surface area contributed by atoms with Gasteiger partial charge in [0.05, 0.1) is 25.5 Å². The van der Waals surface area contributed by atoms with Crippen molar-refractivity contribution in [2.75, 3.05) is 27.2 Å². The number of hydrogen-bond donors (Lipinski definition) is 2. The average molecular weight is 345 g/mol. The van der Waals surface area contributed by atoms with Crippen LogP contribution in [0.2, 0.25) is 0 Å². The van der Waals surface area contributed by atoms with Gasteiger partial charge in [-0.1, -0.05) is 12.1 Å². The van der Waals surface area contributed by atoms with E-state index >= 15 is 0 Å². The highest BCUT2D eigenvalue weighted by molar-refractivity contribution is 7.10. The van der Waals surface area contributed by atoms with E-state index in [-0.39, 0.29) is 18.6 Å². The first kappa shape index (κ1) is 17.0. The van der Waals surface area contributed by atoms with E-state index in [1.165, 1.54) is 27.3 Å². The molecule has 0 saturated carbocycles. The van der Waals surface area contributed by atoms with Gasteiger partial charge in [0, 0.05) is 0 Å². The van der Waals surface area contributed by atoms with Gasteiger partial charge in [0.1, 0.15) is 11.8 Å². The van der Waals surface area contributed by atoms with E-state index in [9.17, 15) is 4.79 Å². The number of fused-ring (bicyclic) bond motifs is 1. The molecule has 1 heterocycles. The third-order valence-electron chi connectivity index (χ3n) is 4.53. The first-order valence-electron chi connectivity index (χ1n) is 8.48. The minimum absolute atomic E-state index is 0.0682. The van der Waals surface area contributed by atoms with Gasteiger partial charge in [-0.2, -0.15) is 0 Å². The summed E-state index contributed by atoms with van der Waals surface area (Å²) in [6, 6.07) is 10.6. The summed E-state index contributed by atoms with van der Waals surface area (Å²) in [4.78, 5) is 14.7. The molecule has 0 radical (unpaired) electrons. The molecule has 1 aliphatic rings. The molecule has 4 nitrogen and oxygen atoms in total. The summed E-state index contributed by atoms with van der Waals surface area (Å²) in [7, 11) is 4.22. The molecule has 24 heavy (non-hydrogen) atoms. The number of ether oxygens (including phenoxy) is 1. The lowest BCUT2D eigenvalue weighted by Gasteiger charge is -2.20. The number of aryl methyl sites for hydroxylation is 2. The Morgan fingerprint density at radius 1 is 1.29 bits per heavy atom. The molecule has 1 aliphatic carbocycles. The molecular formula is C19H25N2O2S+. The van der Waals surface area contributed by atoms with Crippen molar-refractivity contribution in [3.05, 3.63) is 51.7 Å². The molecule has 2 aromatic rings. The maximum atomic E-state index is 12.1. The predicted octanol–water partition coefficient (Wildman–Crippen LogP) is 1.62. The number of nitrogens with one attached hydrogen (secondary N) is 2. The quantitative estimate of drug-likeness (QED) is 0.801.